The van der Waals surface area contributed by atoms with Gasteiger partial charge in [-0.2, -0.15) is 0 Å². The molecule has 0 aromatic heterocycles. The average Bonchev–Trinajstić information content (AvgIpc) is 2.67. The van der Waals surface area contributed by atoms with E-state index in [4.69, 9.17) is 4.74 Å². The highest BCUT2D eigenvalue weighted by atomic mass is 32.2. The van der Waals surface area contributed by atoms with Gasteiger partial charge in [-0.25, -0.2) is 21.9 Å². The minimum absolute atomic E-state index is 0.283. The highest BCUT2D eigenvalue weighted by molar-refractivity contribution is 7.89. The Kier molecular flexibility index (Phi) is 4.10. The molecule has 112 valence electrons. The van der Waals surface area contributed by atoms with Gasteiger partial charge >= 0.3 is 0 Å². The van der Waals surface area contributed by atoms with Gasteiger partial charge in [-0.15, -0.1) is 0 Å². The predicted octanol–water partition coefficient (Wildman–Crippen LogP) is 0.783. The third kappa shape index (κ3) is 3.14. The maximum Gasteiger partial charge on any atom is 0.240 e. The first-order valence-electron chi connectivity index (χ1n) is 6.03. The molecular formula is C12H15F2NO4S. The minimum Gasteiger partial charge on any atom is -0.386 e. The number of hydrogen-bond acceptors (Lipinski definition) is 4. The molecule has 2 atom stereocenters. The molecule has 1 fully saturated rings. The summed E-state index contributed by atoms with van der Waals surface area (Å²) in [4.78, 5) is -0.523. The number of hydrogen-bond donors (Lipinski definition) is 2. The van der Waals surface area contributed by atoms with Crippen LogP contribution in [0.25, 0.3) is 0 Å². The summed E-state index contributed by atoms with van der Waals surface area (Å²) in [5.74, 6) is -1.97. The van der Waals surface area contributed by atoms with Crippen LogP contribution in [-0.4, -0.2) is 38.4 Å². The fourth-order valence-corrected chi connectivity index (χ4v) is 3.13. The number of nitrogens with one attached hydrogen (secondary N) is 1. The first-order chi connectivity index (χ1) is 9.23. The largest absolute Gasteiger partial charge is 0.386 e. The second kappa shape index (κ2) is 5.36. The Morgan fingerprint density at radius 2 is 2.00 bits per heavy atom. The number of rotatable bonds is 4. The summed E-state index contributed by atoms with van der Waals surface area (Å²) in [6, 6.07) is 2.01. The van der Waals surface area contributed by atoms with E-state index in [-0.39, 0.29) is 13.0 Å². The Morgan fingerprint density at radius 1 is 1.40 bits per heavy atom. The second-order valence-corrected chi connectivity index (χ2v) is 6.56. The van der Waals surface area contributed by atoms with E-state index in [1.807, 2.05) is 0 Å². The number of aliphatic hydroxyl groups is 1. The van der Waals surface area contributed by atoms with Gasteiger partial charge < -0.3 is 9.84 Å². The summed E-state index contributed by atoms with van der Waals surface area (Å²) >= 11 is 0. The fraction of sp³-hybridized carbons (Fsp3) is 0.500. The van der Waals surface area contributed by atoms with Crippen molar-refractivity contribution in [1.82, 2.24) is 4.72 Å². The van der Waals surface area contributed by atoms with Crippen LogP contribution in [0.1, 0.15) is 13.3 Å². The highest BCUT2D eigenvalue weighted by Gasteiger charge is 2.40. The van der Waals surface area contributed by atoms with Crippen LogP contribution in [0.15, 0.2) is 23.1 Å². The predicted molar refractivity (Wildman–Crippen MR) is 66.5 cm³/mol. The molecule has 0 saturated carbocycles. The quantitative estimate of drug-likeness (QED) is 0.862. The standard InChI is InChI=1S/C12H15F2NO4S/c1-8-12(16,2-3-19-8)7-15-20(17,18)11-5-9(13)4-10(14)6-11/h4-6,8,15-16H,2-3,7H2,1H3. The van der Waals surface area contributed by atoms with Gasteiger partial charge in [-0.1, -0.05) is 0 Å². The fourth-order valence-electron chi connectivity index (χ4n) is 1.99. The second-order valence-electron chi connectivity index (χ2n) is 4.80. The number of ether oxygens (including phenoxy) is 1. The molecule has 5 nitrogen and oxygen atoms in total. The van der Waals surface area contributed by atoms with Gasteiger partial charge in [-0.3, -0.25) is 0 Å². The molecule has 0 amide bonds. The monoisotopic (exact) mass is 307 g/mol. The number of benzene rings is 1. The van der Waals surface area contributed by atoms with Crippen molar-refractivity contribution in [2.45, 2.75) is 29.9 Å². The molecule has 20 heavy (non-hydrogen) atoms. The van der Waals surface area contributed by atoms with Crippen molar-refractivity contribution in [2.24, 2.45) is 0 Å². The van der Waals surface area contributed by atoms with Gasteiger partial charge in [0, 0.05) is 25.6 Å². The summed E-state index contributed by atoms with van der Waals surface area (Å²) in [6.45, 7) is 1.67. The zero-order chi connectivity index (χ0) is 15.0. The van der Waals surface area contributed by atoms with Crippen LogP contribution in [0.3, 0.4) is 0 Å². The lowest BCUT2D eigenvalue weighted by molar-refractivity contribution is -0.0228. The van der Waals surface area contributed by atoms with Crippen LogP contribution in [0.4, 0.5) is 8.78 Å². The third-order valence-corrected chi connectivity index (χ3v) is 4.75. The van der Waals surface area contributed by atoms with Gasteiger partial charge in [0.15, 0.2) is 0 Å². The van der Waals surface area contributed by atoms with Crippen LogP contribution in [0.5, 0.6) is 0 Å². The molecule has 1 aromatic carbocycles. The van der Waals surface area contributed by atoms with E-state index in [0.29, 0.717) is 24.8 Å². The Balaban J connectivity index is 2.15. The lowest BCUT2D eigenvalue weighted by Gasteiger charge is -2.26. The van der Waals surface area contributed by atoms with E-state index in [1.165, 1.54) is 0 Å². The van der Waals surface area contributed by atoms with Crippen molar-refractivity contribution in [3.05, 3.63) is 29.8 Å². The van der Waals surface area contributed by atoms with Crippen LogP contribution in [0, 0.1) is 11.6 Å². The summed E-state index contributed by atoms with van der Waals surface area (Å²) in [5.41, 5.74) is -1.32. The average molecular weight is 307 g/mol. The normalized spacial score (nSPS) is 26.9. The summed E-state index contributed by atoms with van der Waals surface area (Å²) in [6.07, 6.45) is -0.233. The van der Waals surface area contributed by atoms with E-state index >= 15 is 0 Å². The van der Waals surface area contributed by atoms with Crippen LogP contribution < -0.4 is 4.72 Å². The molecule has 0 bridgehead atoms. The molecular weight excluding hydrogens is 292 g/mol. The Hall–Kier alpha value is -1.09. The topological polar surface area (TPSA) is 75.6 Å². The molecule has 2 N–H and O–H groups in total. The molecule has 2 unspecified atom stereocenters. The summed E-state index contributed by atoms with van der Waals surface area (Å²) in [7, 11) is -4.10. The molecule has 0 spiro atoms. The summed E-state index contributed by atoms with van der Waals surface area (Å²) in [5, 5.41) is 10.2. The zero-order valence-corrected chi connectivity index (χ0v) is 11.6. The lowest BCUT2D eigenvalue weighted by atomic mass is 9.97. The first kappa shape index (κ1) is 15.3. The van der Waals surface area contributed by atoms with Gasteiger partial charge in [0.2, 0.25) is 10.0 Å². The molecule has 0 aliphatic carbocycles. The van der Waals surface area contributed by atoms with Crippen molar-refractivity contribution < 1.29 is 27.0 Å². The van der Waals surface area contributed by atoms with E-state index in [9.17, 15) is 22.3 Å². The van der Waals surface area contributed by atoms with Crippen molar-refractivity contribution >= 4 is 10.0 Å². The van der Waals surface area contributed by atoms with E-state index in [1.54, 1.807) is 6.92 Å². The van der Waals surface area contributed by atoms with Gasteiger partial charge in [0.1, 0.15) is 17.2 Å². The molecule has 1 aliphatic heterocycles. The van der Waals surface area contributed by atoms with Crippen molar-refractivity contribution in [2.75, 3.05) is 13.2 Å². The Bertz CT molecular complexity index is 587. The maximum atomic E-state index is 13.0. The highest BCUT2D eigenvalue weighted by Crippen LogP contribution is 2.25. The van der Waals surface area contributed by atoms with E-state index in [2.05, 4.69) is 4.72 Å². The van der Waals surface area contributed by atoms with Crippen molar-refractivity contribution in [3.63, 3.8) is 0 Å². The van der Waals surface area contributed by atoms with E-state index < -0.39 is 38.3 Å². The number of halogens is 2. The van der Waals surface area contributed by atoms with E-state index in [0.717, 1.165) is 0 Å². The SMILES string of the molecule is CC1OCCC1(O)CNS(=O)(=O)c1cc(F)cc(F)c1. The minimum atomic E-state index is -4.10. The molecule has 8 heteroatoms. The van der Waals surface area contributed by atoms with Crippen LogP contribution in [-0.2, 0) is 14.8 Å². The smallest absolute Gasteiger partial charge is 0.240 e. The molecule has 2 rings (SSSR count). The summed E-state index contributed by atoms with van der Waals surface area (Å²) < 4.78 is 57.3. The van der Waals surface area contributed by atoms with Crippen LogP contribution in [0.2, 0.25) is 0 Å². The Labute approximate surface area is 115 Å². The Morgan fingerprint density at radius 3 is 2.50 bits per heavy atom. The van der Waals surface area contributed by atoms with Crippen LogP contribution >= 0.6 is 0 Å². The van der Waals surface area contributed by atoms with Gasteiger partial charge in [0.25, 0.3) is 0 Å². The van der Waals surface area contributed by atoms with Crippen molar-refractivity contribution in [3.8, 4) is 0 Å². The molecule has 1 heterocycles. The first-order valence-corrected chi connectivity index (χ1v) is 7.51. The third-order valence-electron chi connectivity index (χ3n) is 3.37. The van der Waals surface area contributed by atoms with Gasteiger partial charge in [0.05, 0.1) is 11.0 Å². The zero-order valence-electron chi connectivity index (χ0n) is 10.8. The maximum absolute atomic E-state index is 13.0. The van der Waals surface area contributed by atoms with Gasteiger partial charge in [-0.05, 0) is 19.1 Å². The number of sulfonamides is 1. The lowest BCUT2D eigenvalue weighted by Crippen LogP contribution is -2.47. The van der Waals surface area contributed by atoms with Crippen molar-refractivity contribution in [1.29, 1.82) is 0 Å². The molecule has 1 saturated heterocycles. The molecule has 1 aliphatic rings. The molecule has 0 radical (unpaired) electrons. The molecule has 1 aromatic rings.